The predicted molar refractivity (Wildman–Crippen MR) is 118 cm³/mol. The number of piperidine rings is 1. The van der Waals surface area contributed by atoms with Gasteiger partial charge in [0.1, 0.15) is 0 Å². The van der Waals surface area contributed by atoms with E-state index < -0.39 is 11.8 Å². The lowest BCUT2D eigenvalue weighted by molar-refractivity contribution is -0.158. The molecule has 9 heteroatoms. The van der Waals surface area contributed by atoms with Crippen molar-refractivity contribution in [1.29, 1.82) is 0 Å². The van der Waals surface area contributed by atoms with Gasteiger partial charge in [-0.2, -0.15) is 0 Å². The number of benzene rings is 1. The fraction of sp³-hybridized carbons (Fsp3) is 0.565. The highest BCUT2D eigenvalue weighted by Crippen LogP contribution is 2.20. The SMILES string of the molecule is CCOC(=O)CCNC(=O)N1CCC(N2CCN(Cc3ccc(C)cc3)C(=O)C2=O)CC1. The summed E-state index contributed by atoms with van der Waals surface area (Å²) in [6.07, 6.45) is 1.39. The molecule has 0 aliphatic carbocycles. The molecule has 4 amide bonds. The summed E-state index contributed by atoms with van der Waals surface area (Å²) in [5, 5.41) is 2.73. The normalized spacial score (nSPS) is 17.5. The van der Waals surface area contributed by atoms with E-state index in [2.05, 4.69) is 5.32 Å². The first kappa shape index (κ1) is 23.6. The number of esters is 1. The molecule has 9 nitrogen and oxygen atoms in total. The van der Waals surface area contributed by atoms with Gasteiger partial charge in [-0.3, -0.25) is 14.4 Å². The number of hydrogen-bond donors (Lipinski definition) is 1. The minimum absolute atomic E-state index is 0.0449. The van der Waals surface area contributed by atoms with Crippen LogP contribution in [0.3, 0.4) is 0 Å². The molecule has 0 aromatic heterocycles. The van der Waals surface area contributed by atoms with E-state index in [1.165, 1.54) is 0 Å². The van der Waals surface area contributed by atoms with Gasteiger partial charge < -0.3 is 24.8 Å². The lowest BCUT2D eigenvalue weighted by atomic mass is 10.0. The van der Waals surface area contributed by atoms with Gasteiger partial charge in [-0.25, -0.2) is 4.79 Å². The van der Waals surface area contributed by atoms with E-state index in [4.69, 9.17) is 4.74 Å². The van der Waals surface area contributed by atoms with Crippen molar-refractivity contribution in [2.24, 2.45) is 0 Å². The minimum Gasteiger partial charge on any atom is -0.466 e. The molecule has 2 heterocycles. The number of carbonyl (C=O) groups is 4. The zero-order valence-corrected chi connectivity index (χ0v) is 18.8. The van der Waals surface area contributed by atoms with Crippen LogP contribution in [0.4, 0.5) is 4.79 Å². The van der Waals surface area contributed by atoms with Gasteiger partial charge in [-0.1, -0.05) is 29.8 Å². The molecule has 1 aromatic carbocycles. The Morgan fingerprint density at radius 1 is 1.03 bits per heavy atom. The smallest absolute Gasteiger partial charge is 0.317 e. The van der Waals surface area contributed by atoms with Gasteiger partial charge in [-0.05, 0) is 32.3 Å². The molecule has 0 atom stereocenters. The average molecular weight is 445 g/mol. The van der Waals surface area contributed by atoms with Crippen molar-refractivity contribution in [3.63, 3.8) is 0 Å². The number of aryl methyl sites for hydroxylation is 1. The van der Waals surface area contributed by atoms with Crippen molar-refractivity contribution in [3.8, 4) is 0 Å². The molecule has 0 saturated carbocycles. The minimum atomic E-state index is -0.462. The topological polar surface area (TPSA) is 99.3 Å². The standard InChI is InChI=1S/C23H32N4O5/c1-3-32-20(28)8-11-24-23(31)25-12-9-19(10-13-25)27-15-14-26(21(29)22(27)30)16-18-6-4-17(2)5-7-18/h4-7,19H,3,8-16H2,1-2H3,(H,24,31). The lowest BCUT2D eigenvalue weighted by Crippen LogP contribution is -2.59. The molecule has 32 heavy (non-hydrogen) atoms. The van der Waals surface area contributed by atoms with Crippen molar-refractivity contribution in [2.75, 3.05) is 39.3 Å². The molecule has 2 aliphatic heterocycles. The molecular weight excluding hydrogens is 412 g/mol. The van der Waals surface area contributed by atoms with Crippen LogP contribution < -0.4 is 5.32 Å². The van der Waals surface area contributed by atoms with Gasteiger partial charge in [0.2, 0.25) is 0 Å². The van der Waals surface area contributed by atoms with Crippen LogP contribution in [-0.4, -0.2) is 83.9 Å². The third-order valence-corrected chi connectivity index (χ3v) is 5.94. The summed E-state index contributed by atoms with van der Waals surface area (Å²) < 4.78 is 4.84. The van der Waals surface area contributed by atoms with Gasteiger partial charge >= 0.3 is 23.8 Å². The molecule has 2 saturated heterocycles. The summed E-state index contributed by atoms with van der Waals surface area (Å²) in [4.78, 5) is 54.0. The number of carbonyl (C=O) groups excluding carboxylic acids is 4. The maximum Gasteiger partial charge on any atom is 0.317 e. The lowest BCUT2D eigenvalue weighted by Gasteiger charge is -2.42. The molecule has 0 radical (unpaired) electrons. The molecule has 3 rings (SSSR count). The second-order valence-electron chi connectivity index (χ2n) is 8.22. The number of ether oxygens (including phenoxy) is 1. The molecule has 0 unspecified atom stereocenters. The Hall–Kier alpha value is -3.10. The highest BCUT2D eigenvalue weighted by atomic mass is 16.5. The number of urea groups is 1. The molecule has 1 aromatic rings. The number of piperazine rings is 1. The Morgan fingerprint density at radius 2 is 1.72 bits per heavy atom. The highest BCUT2D eigenvalue weighted by molar-refractivity contribution is 6.35. The van der Waals surface area contributed by atoms with Crippen molar-refractivity contribution < 1.29 is 23.9 Å². The van der Waals surface area contributed by atoms with Gasteiger partial charge in [0.25, 0.3) is 0 Å². The Bertz CT molecular complexity index is 833. The molecule has 0 bridgehead atoms. The zero-order valence-electron chi connectivity index (χ0n) is 18.8. The zero-order chi connectivity index (χ0) is 23.1. The van der Waals surface area contributed by atoms with E-state index in [9.17, 15) is 19.2 Å². The molecule has 2 aliphatic rings. The molecule has 174 valence electrons. The monoisotopic (exact) mass is 444 g/mol. The number of nitrogens with one attached hydrogen (secondary N) is 1. The number of rotatable bonds is 7. The number of nitrogens with zero attached hydrogens (tertiary/aromatic N) is 3. The van der Waals surface area contributed by atoms with Crippen LogP contribution in [-0.2, 0) is 25.7 Å². The van der Waals surface area contributed by atoms with E-state index in [0.717, 1.165) is 11.1 Å². The van der Waals surface area contributed by atoms with Gasteiger partial charge in [0.05, 0.1) is 13.0 Å². The maximum absolute atomic E-state index is 12.8. The van der Waals surface area contributed by atoms with E-state index in [-0.39, 0.29) is 31.0 Å². The van der Waals surface area contributed by atoms with Crippen LogP contribution in [0.5, 0.6) is 0 Å². The summed E-state index contributed by atoms with van der Waals surface area (Å²) >= 11 is 0. The fourth-order valence-corrected chi connectivity index (χ4v) is 4.10. The first-order chi connectivity index (χ1) is 15.4. The summed E-state index contributed by atoms with van der Waals surface area (Å²) in [6, 6.07) is 7.69. The maximum atomic E-state index is 12.8. The summed E-state index contributed by atoms with van der Waals surface area (Å²) in [5.74, 6) is -1.26. The molecule has 2 fully saturated rings. The van der Waals surface area contributed by atoms with Crippen LogP contribution in [0.25, 0.3) is 0 Å². The fourth-order valence-electron chi connectivity index (χ4n) is 4.10. The summed E-state index contributed by atoms with van der Waals surface area (Å²) in [5.41, 5.74) is 2.16. The average Bonchev–Trinajstić information content (AvgIpc) is 2.79. The Kier molecular flexibility index (Phi) is 8.08. The van der Waals surface area contributed by atoms with Crippen LogP contribution in [0.15, 0.2) is 24.3 Å². The van der Waals surface area contributed by atoms with Crippen LogP contribution in [0.1, 0.15) is 37.3 Å². The number of hydrogen-bond acceptors (Lipinski definition) is 5. The van der Waals surface area contributed by atoms with Crippen molar-refractivity contribution >= 4 is 23.8 Å². The molecule has 1 N–H and O–H groups in total. The third kappa shape index (κ3) is 5.99. The summed E-state index contributed by atoms with van der Waals surface area (Å²) in [7, 11) is 0. The largest absolute Gasteiger partial charge is 0.466 e. The van der Waals surface area contributed by atoms with Crippen LogP contribution in [0.2, 0.25) is 0 Å². The van der Waals surface area contributed by atoms with E-state index in [1.54, 1.807) is 21.6 Å². The highest BCUT2D eigenvalue weighted by Gasteiger charge is 2.37. The van der Waals surface area contributed by atoms with Crippen LogP contribution in [0, 0.1) is 6.92 Å². The van der Waals surface area contributed by atoms with E-state index in [0.29, 0.717) is 52.2 Å². The molecular formula is C23H32N4O5. The predicted octanol–water partition coefficient (Wildman–Crippen LogP) is 1.29. The van der Waals surface area contributed by atoms with Gasteiger partial charge in [0.15, 0.2) is 0 Å². The van der Waals surface area contributed by atoms with Crippen molar-refractivity contribution in [3.05, 3.63) is 35.4 Å². The third-order valence-electron chi connectivity index (χ3n) is 5.94. The quantitative estimate of drug-likeness (QED) is 0.505. The summed E-state index contributed by atoms with van der Waals surface area (Å²) in [6.45, 7) is 6.75. The number of likely N-dealkylation sites (tertiary alicyclic amines) is 1. The second-order valence-corrected chi connectivity index (χ2v) is 8.22. The van der Waals surface area contributed by atoms with Gasteiger partial charge in [-0.15, -0.1) is 0 Å². The van der Waals surface area contributed by atoms with Gasteiger partial charge in [0, 0.05) is 45.3 Å². The molecule has 0 spiro atoms. The first-order valence-electron chi connectivity index (χ1n) is 11.2. The first-order valence-corrected chi connectivity index (χ1v) is 11.2. The van der Waals surface area contributed by atoms with Crippen molar-refractivity contribution in [1.82, 2.24) is 20.0 Å². The second kappa shape index (κ2) is 11.0. The Balaban J connectivity index is 1.44. The van der Waals surface area contributed by atoms with Crippen LogP contribution >= 0.6 is 0 Å². The Labute approximate surface area is 188 Å². The van der Waals surface area contributed by atoms with E-state index >= 15 is 0 Å². The van der Waals surface area contributed by atoms with Crippen molar-refractivity contribution in [2.45, 2.75) is 45.7 Å². The number of amides is 4. The van der Waals surface area contributed by atoms with E-state index in [1.807, 2.05) is 31.2 Å². The Morgan fingerprint density at radius 3 is 2.38 bits per heavy atom.